The van der Waals surface area contributed by atoms with Crippen molar-refractivity contribution >= 4 is 0 Å². The van der Waals surface area contributed by atoms with Crippen molar-refractivity contribution < 1.29 is 4.74 Å². The average molecular weight is 299 g/mol. The van der Waals surface area contributed by atoms with E-state index in [-0.39, 0.29) is 0 Å². The summed E-state index contributed by atoms with van der Waals surface area (Å²) in [5.74, 6) is 2.19. The second kappa shape index (κ2) is 9.81. The Balaban J connectivity index is 2.42. The van der Waals surface area contributed by atoms with E-state index in [1.54, 1.807) is 0 Å². The first-order chi connectivity index (χ1) is 9.95. The molecular formula is C18H38N2O. The minimum atomic E-state index is 0.626. The van der Waals surface area contributed by atoms with E-state index in [0.29, 0.717) is 18.0 Å². The van der Waals surface area contributed by atoms with E-state index in [1.165, 1.54) is 19.4 Å². The molecule has 1 aliphatic rings. The summed E-state index contributed by atoms with van der Waals surface area (Å²) in [6.07, 6.45) is 2.42. The monoisotopic (exact) mass is 298 g/mol. The summed E-state index contributed by atoms with van der Waals surface area (Å²) in [6.45, 7) is 19.0. The molecule has 3 heteroatoms. The van der Waals surface area contributed by atoms with Crippen molar-refractivity contribution in [3.63, 3.8) is 0 Å². The van der Waals surface area contributed by atoms with Gasteiger partial charge in [-0.1, -0.05) is 48.0 Å². The summed E-state index contributed by atoms with van der Waals surface area (Å²) in [5.41, 5.74) is 0. The number of hydrogen-bond donors (Lipinski definition) is 1. The molecule has 126 valence electrons. The Hall–Kier alpha value is -0.120. The fourth-order valence-corrected chi connectivity index (χ4v) is 2.99. The van der Waals surface area contributed by atoms with Gasteiger partial charge in [-0.05, 0) is 24.2 Å². The van der Waals surface area contributed by atoms with Crippen molar-refractivity contribution in [2.75, 3.05) is 32.8 Å². The molecule has 3 nitrogen and oxygen atoms in total. The lowest BCUT2D eigenvalue weighted by atomic mass is 9.92. The van der Waals surface area contributed by atoms with Crippen molar-refractivity contribution in [1.29, 1.82) is 0 Å². The number of rotatable bonds is 9. The van der Waals surface area contributed by atoms with Gasteiger partial charge in [0.25, 0.3) is 0 Å². The summed E-state index contributed by atoms with van der Waals surface area (Å²) in [5, 5.41) is 3.75. The Kier molecular flexibility index (Phi) is 8.84. The zero-order chi connectivity index (χ0) is 15.8. The Morgan fingerprint density at radius 2 is 1.86 bits per heavy atom. The number of ether oxygens (including phenoxy) is 1. The zero-order valence-electron chi connectivity index (χ0n) is 15.2. The molecule has 1 rings (SSSR count). The highest BCUT2D eigenvalue weighted by atomic mass is 16.5. The van der Waals surface area contributed by atoms with Crippen molar-refractivity contribution in [2.45, 2.75) is 66.5 Å². The van der Waals surface area contributed by atoms with E-state index in [2.05, 4.69) is 51.8 Å². The van der Waals surface area contributed by atoms with Gasteiger partial charge in [-0.15, -0.1) is 0 Å². The van der Waals surface area contributed by atoms with Gasteiger partial charge < -0.3 is 10.1 Å². The highest BCUT2D eigenvalue weighted by Gasteiger charge is 2.31. The SMILES string of the molecule is CCC(C)C1CNC(C(C)C)CN1CCOCCC(C)C. The van der Waals surface area contributed by atoms with E-state index in [9.17, 15) is 0 Å². The maximum Gasteiger partial charge on any atom is 0.0593 e. The summed E-state index contributed by atoms with van der Waals surface area (Å²) < 4.78 is 5.84. The van der Waals surface area contributed by atoms with E-state index < -0.39 is 0 Å². The molecule has 1 N–H and O–H groups in total. The van der Waals surface area contributed by atoms with Gasteiger partial charge in [0.15, 0.2) is 0 Å². The van der Waals surface area contributed by atoms with Crippen LogP contribution in [0.1, 0.15) is 54.4 Å². The summed E-state index contributed by atoms with van der Waals surface area (Å²) in [7, 11) is 0. The first kappa shape index (κ1) is 18.9. The molecule has 0 aliphatic carbocycles. The van der Waals surface area contributed by atoms with Gasteiger partial charge in [0, 0.05) is 38.3 Å². The van der Waals surface area contributed by atoms with Gasteiger partial charge in [-0.2, -0.15) is 0 Å². The number of piperazine rings is 1. The van der Waals surface area contributed by atoms with Crippen LogP contribution >= 0.6 is 0 Å². The largest absolute Gasteiger partial charge is 0.380 e. The van der Waals surface area contributed by atoms with Crippen molar-refractivity contribution in [3.05, 3.63) is 0 Å². The highest BCUT2D eigenvalue weighted by molar-refractivity contribution is 4.89. The zero-order valence-corrected chi connectivity index (χ0v) is 15.2. The Labute approximate surface area is 132 Å². The van der Waals surface area contributed by atoms with Crippen LogP contribution in [0.5, 0.6) is 0 Å². The van der Waals surface area contributed by atoms with Gasteiger partial charge in [-0.25, -0.2) is 0 Å². The molecule has 0 amide bonds. The summed E-state index contributed by atoms with van der Waals surface area (Å²) in [4.78, 5) is 2.67. The van der Waals surface area contributed by atoms with Gasteiger partial charge in [0.2, 0.25) is 0 Å². The van der Waals surface area contributed by atoms with Crippen LogP contribution in [-0.4, -0.2) is 49.8 Å². The van der Waals surface area contributed by atoms with Crippen molar-refractivity contribution in [3.8, 4) is 0 Å². The molecule has 1 fully saturated rings. The number of hydrogen-bond acceptors (Lipinski definition) is 3. The van der Waals surface area contributed by atoms with Gasteiger partial charge in [0.05, 0.1) is 6.61 Å². The van der Waals surface area contributed by atoms with E-state index >= 15 is 0 Å². The second-order valence-corrected chi connectivity index (χ2v) is 7.50. The minimum absolute atomic E-state index is 0.626. The molecule has 0 aromatic heterocycles. The topological polar surface area (TPSA) is 24.5 Å². The molecular weight excluding hydrogens is 260 g/mol. The van der Waals surface area contributed by atoms with Gasteiger partial charge >= 0.3 is 0 Å². The Morgan fingerprint density at radius 3 is 2.43 bits per heavy atom. The molecule has 21 heavy (non-hydrogen) atoms. The van der Waals surface area contributed by atoms with Crippen LogP contribution in [0.15, 0.2) is 0 Å². The molecule has 0 spiro atoms. The number of nitrogens with zero attached hydrogens (tertiary/aromatic N) is 1. The average Bonchev–Trinajstić information content (AvgIpc) is 2.45. The quantitative estimate of drug-likeness (QED) is 0.660. The van der Waals surface area contributed by atoms with E-state index in [0.717, 1.165) is 38.1 Å². The third kappa shape index (κ3) is 6.66. The predicted octanol–water partition coefficient (Wildman–Crippen LogP) is 3.39. The third-order valence-corrected chi connectivity index (χ3v) is 4.96. The smallest absolute Gasteiger partial charge is 0.0593 e. The maximum atomic E-state index is 5.84. The fraction of sp³-hybridized carbons (Fsp3) is 1.00. The molecule has 3 unspecified atom stereocenters. The molecule has 0 aromatic carbocycles. The standard InChI is InChI=1S/C18H38N2O/c1-7-16(6)18-12-19-17(15(4)5)13-20(18)9-11-21-10-8-14(2)3/h14-19H,7-13H2,1-6H3. The van der Waals surface area contributed by atoms with Crippen LogP contribution < -0.4 is 5.32 Å². The molecule has 3 atom stereocenters. The van der Waals surface area contributed by atoms with Crippen LogP contribution in [0.25, 0.3) is 0 Å². The van der Waals surface area contributed by atoms with Crippen molar-refractivity contribution in [1.82, 2.24) is 10.2 Å². The molecule has 0 aromatic rings. The molecule has 1 heterocycles. The summed E-state index contributed by atoms with van der Waals surface area (Å²) >= 11 is 0. The first-order valence-corrected chi connectivity index (χ1v) is 9.00. The van der Waals surface area contributed by atoms with Crippen molar-refractivity contribution in [2.24, 2.45) is 17.8 Å². The highest BCUT2D eigenvalue weighted by Crippen LogP contribution is 2.20. The van der Waals surface area contributed by atoms with Gasteiger partial charge in [0.1, 0.15) is 0 Å². The molecule has 0 saturated carbocycles. The lowest BCUT2D eigenvalue weighted by molar-refractivity contribution is 0.0377. The van der Waals surface area contributed by atoms with Crippen LogP contribution in [0.4, 0.5) is 0 Å². The van der Waals surface area contributed by atoms with E-state index in [4.69, 9.17) is 4.74 Å². The minimum Gasteiger partial charge on any atom is -0.380 e. The lowest BCUT2D eigenvalue weighted by Gasteiger charge is -2.44. The lowest BCUT2D eigenvalue weighted by Crippen LogP contribution is -2.60. The maximum absolute atomic E-state index is 5.84. The number of nitrogens with one attached hydrogen (secondary N) is 1. The van der Waals surface area contributed by atoms with Gasteiger partial charge in [-0.3, -0.25) is 4.90 Å². The van der Waals surface area contributed by atoms with Crippen LogP contribution in [0, 0.1) is 17.8 Å². The normalized spacial score (nSPS) is 25.7. The first-order valence-electron chi connectivity index (χ1n) is 9.00. The predicted molar refractivity (Wildman–Crippen MR) is 91.7 cm³/mol. The fourth-order valence-electron chi connectivity index (χ4n) is 2.99. The second-order valence-electron chi connectivity index (χ2n) is 7.50. The Morgan fingerprint density at radius 1 is 1.14 bits per heavy atom. The molecule has 1 saturated heterocycles. The molecule has 1 aliphatic heterocycles. The third-order valence-electron chi connectivity index (χ3n) is 4.96. The molecule has 0 radical (unpaired) electrons. The summed E-state index contributed by atoms with van der Waals surface area (Å²) in [6, 6.07) is 1.29. The van der Waals surface area contributed by atoms with Crippen LogP contribution in [-0.2, 0) is 4.74 Å². The van der Waals surface area contributed by atoms with Crippen LogP contribution in [0.3, 0.4) is 0 Å². The van der Waals surface area contributed by atoms with Crippen LogP contribution in [0.2, 0.25) is 0 Å². The Bertz CT molecular complexity index is 268. The van der Waals surface area contributed by atoms with E-state index in [1.807, 2.05) is 0 Å². The molecule has 0 bridgehead atoms.